The van der Waals surface area contributed by atoms with Gasteiger partial charge in [-0.2, -0.15) is 0 Å². The van der Waals surface area contributed by atoms with E-state index in [0.717, 1.165) is 13.0 Å². The molecular weight excluding hydrogens is 427 g/mol. The van der Waals surface area contributed by atoms with Crippen LogP contribution in [0.2, 0.25) is 0 Å². The van der Waals surface area contributed by atoms with Gasteiger partial charge in [0.25, 0.3) is 0 Å². The Morgan fingerprint density at radius 2 is 2.04 bits per heavy atom. The molecule has 0 unspecified atom stereocenters. The molecule has 0 N–H and O–H groups in total. The number of aryl methyl sites for hydroxylation is 1. The van der Waals surface area contributed by atoms with Crippen molar-refractivity contribution in [1.29, 1.82) is 0 Å². The van der Waals surface area contributed by atoms with E-state index in [2.05, 4.69) is 78.2 Å². The molecule has 1 heterocycles. The van der Waals surface area contributed by atoms with Crippen LogP contribution < -0.4 is 0 Å². The van der Waals surface area contributed by atoms with Gasteiger partial charge in [-0.1, -0.05) is 51.8 Å². The highest BCUT2D eigenvalue weighted by Crippen LogP contribution is 2.48. The largest absolute Gasteiger partial charge is 0.350 e. The van der Waals surface area contributed by atoms with Crippen LogP contribution in [0.5, 0.6) is 0 Å². The Morgan fingerprint density at radius 3 is 2.71 bits per heavy atom. The maximum absolute atomic E-state index is 5.17. The Labute approximate surface area is 165 Å². The smallest absolute Gasteiger partial charge is 0.165 e. The van der Waals surface area contributed by atoms with Crippen molar-refractivity contribution in [2.45, 2.75) is 64.0 Å². The summed E-state index contributed by atoms with van der Waals surface area (Å²) in [5.41, 5.74) is 2.58. The molecule has 0 aromatic heterocycles. The molecule has 0 amide bonds. The van der Waals surface area contributed by atoms with Gasteiger partial charge in [0.15, 0.2) is 5.17 Å². The van der Waals surface area contributed by atoms with Gasteiger partial charge in [-0.25, -0.2) is 4.99 Å². The highest BCUT2D eigenvalue weighted by molar-refractivity contribution is 14.1. The van der Waals surface area contributed by atoms with E-state index in [9.17, 15) is 0 Å². The van der Waals surface area contributed by atoms with Crippen molar-refractivity contribution < 1.29 is 0 Å². The molecule has 4 heteroatoms. The number of halogens is 1. The maximum Gasteiger partial charge on any atom is 0.165 e. The molecule has 1 aliphatic carbocycles. The van der Waals surface area contributed by atoms with Gasteiger partial charge in [0.2, 0.25) is 0 Å². The lowest BCUT2D eigenvalue weighted by Gasteiger charge is -2.23. The molecule has 132 valence electrons. The summed E-state index contributed by atoms with van der Waals surface area (Å²) in [6.07, 6.45) is 7.79. The van der Waals surface area contributed by atoms with Crippen molar-refractivity contribution in [3.63, 3.8) is 0 Å². The SMILES string of the molecule is CCCc1cc(I)ccc1N=C1SC2(CCCC2)CN1CC(C)C. The average Bonchev–Trinajstić information content (AvgIpc) is 3.09. The van der Waals surface area contributed by atoms with Gasteiger partial charge in [-0.3, -0.25) is 0 Å². The van der Waals surface area contributed by atoms with Crippen LogP contribution in [0.15, 0.2) is 23.2 Å². The molecule has 1 saturated heterocycles. The monoisotopic (exact) mass is 456 g/mol. The second-order valence-corrected chi connectivity index (χ2v) is 10.4. The number of rotatable bonds is 5. The van der Waals surface area contributed by atoms with Gasteiger partial charge in [0.05, 0.1) is 5.69 Å². The molecule has 0 radical (unpaired) electrons. The highest BCUT2D eigenvalue weighted by Gasteiger charge is 2.44. The third-order valence-electron chi connectivity index (χ3n) is 4.93. The third-order valence-corrected chi connectivity index (χ3v) is 7.11. The summed E-state index contributed by atoms with van der Waals surface area (Å²) in [6, 6.07) is 6.71. The quantitative estimate of drug-likeness (QED) is 0.487. The number of amidine groups is 1. The summed E-state index contributed by atoms with van der Waals surface area (Å²) in [6.45, 7) is 9.20. The van der Waals surface area contributed by atoms with Gasteiger partial charge in [-0.05, 0) is 71.5 Å². The van der Waals surface area contributed by atoms with Crippen LogP contribution >= 0.6 is 34.4 Å². The molecule has 24 heavy (non-hydrogen) atoms. The summed E-state index contributed by atoms with van der Waals surface area (Å²) in [4.78, 5) is 7.74. The number of hydrogen-bond donors (Lipinski definition) is 0. The summed E-state index contributed by atoms with van der Waals surface area (Å²) in [5.74, 6) is 0.680. The molecule has 0 atom stereocenters. The first-order valence-corrected chi connectivity index (χ1v) is 11.2. The molecule has 2 nitrogen and oxygen atoms in total. The number of thioether (sulfide) groups is 1. The van der Waals surface area contributed by atoms with Crippen LogP contribution in [0.4, 0.5) is 5.69 Å². The highest BCUT2D eigenvalue weighted by atomic mass is 127. The van der Waals surface area contributed by atoms with Crippen molar-refractivity contribution in [3.8, 4) is 0 Å². The zero-order chi connectivity index (χ0) is 17.2. The van der Waals surface area contributed by atoms with E-state index in [0.29, 0.717) is 10.7 Å². The zero-order valence-corrected chi connectivity index (χ0v) is 18.1. The number of aliphatic imine (C=N–C) groups is 1. The fourth-order valence-electron chi connectivity index (χ4n) is 3.90. The zero-order valence-electron chi connectivity index (χ0n) is 15.1. The fraction of sp³-hybridized carbons (Fsp3) is 0.650. The van der Waals surface area contributed by atoms with Crippen LogP contribution in [-0.2, 0) is 6.42 Å². The molecule has 2 fully saturated rings. The van der Waals surface area contributed by atoms with Crippen LogP contribution in [0.3, 0.4) is 0 Å². The Hall–Kier alpha value is -0.230. The van der Waals surface area contributed by atoms with Gasteiger partial charge in [0, 0.05) is 21.4 Å². The minimum absolute atomic E-state index is 0.446. The van der Waals surface area contributed by atoms with E-state index in [1.54, 1.807) is 0 Å². The Bertz CT molecular complexity index is 606. The van der Waals surface area contributed by atoms with E-state index < -0.39 is 0 Å². The van der Waals surface area contributed by atoms with Crippen molar-refractivity contribution >= 4 is 45.2 Å². The second kappa shape index (κ2) is 7.98. The molecular formula is C20H29IN2S. The predicted octanol–water partition coefficient (Wildman–Crippen LogP) is 6.25. The molecule has 0 bridgehead atoms. The van der Waals surface area contributed by atoms with Crippen molar-refractivity contribution in [1.82, 2.24) is 4.90 Å². The third kappa shape index (κ3) is 4.29. The van der Waals surface area contributed by atoms with Crippen molar-refractivity contribution in [2.24, 2.45) is 10.9 Å². The summed E-state index contributed by atoms with van der Waals surface area (Å²) in [7, 11) is 0. The lowest BCUT2D eigenvalue weighted by atomic mass is 10.1. The summed E-state index contributed by atoms with van der Waals surface area (Å²) >= 11 is 4.48. The van der Waals surface area contributed by atoms with Crippen molar-refractivity contribution in [2.75, 3.05) is 13.1 Å². The van der Waals surface area contributed by atoms with Gasteiger partial charge < -0.3 is 4.90 Å². The molecule has 1 aromatic rings. The summed E-state index contributed by atoms with van der Waals surface area (Å²) < 4.78 is 1.76. The lowest BCUT2D eigenvalue weighted by molar-refractivity contribution is 0.346. The van der Waals surface area contributed by atoms with E-state index in [1.807, 2.05) is 0 Å². The number of nitrogens with zero attached hydrogens (tertiary/aromatic N) is 2. The normalized spacial score (nSPS) is 21.5. The Morgan fingerprint density at radius 1 is 1.29 bits per heavy atom. The van der Waals surface area contributed by atoms with Crippen LogP contribution in [0.1, 0.15) is 58.4 Å². The predicted molar refractivity (Wildman–Crippen MR) is 115 cm³/mol. The van der Waals surface area contributed by atoms with E-state index in [-0.39, 0.29) is 0 Å². The molecule has 1 saturated carbocycles. The van der Waals surface area contributed by atoms with Crippen LogP contribution in [0, 0.1) is 9.49 Å². The first kappa shape index (κ1) is 18.6. The standard InChI is InChI=1S/C20H29IN2S/c1-4-7-16-12-17(21)8-9-18(16)22-19-23(13-15(2)3)14-20(24-19)10-5-6-11-20/h8-9,12,15H,4-7,10-11,13-14H2,1-3H3. The maximum atomic E-state index is 5.17. The molecule has 2 aliphatic rings. The van der Waals surface area contributed by atoms with E-state index in [1.165, 1.54) is 58.6 Å². The van der Waals surface area contributed by atoms with Gasteiger partial charge in [-0.15, -0.1) is 0 Å². The van der Waals surface area contributed by atoms with Gasteiger partial charge in [0.1, 0.15) is 0 Å². The number of benzene rings is 1. The van der Waals surface area contributed by atoms with E-state index >= 15 is 0 Å². The first-order valence-electron chi connectivity index (χ1n) is 9.32. The Balaban J connectivity index is 1.91. The van der Waals surface area contributed by atoms with Crippen LogP contribution in [0.25, 0.3) is 0 Å². The first-order chi connectivity index (χ1) is 11.5. The minimum atomic E-state index is 0.446. The number of hydrogen-bond acceptors (Lipinski definition) is 2. The van der Waals surface area contributed by atoms with Gasteiger partial charge >= 0.3 is 0 Å². The second-order valence-electron chi connectivity index (χ2n) is 7.68. The molecule has 1 aliphatic heterocycles. The molecule has 1 spiro atoms. The molecule has 3 rings (SSSR count). The fourth-order valence-corrected chi connectivity index (χ4v) is 5.97. The topological polar surface area (TPSA) is 15.6 Å². The van der Waals surface area contributed by atoms with Crippen LogP contribution in [-0.4, -0.2) is 27.9 Å². The summed E-state index contributed by atoms with van der Waals surface area (Å²) in [5, 5.41) is 1.27. The molecule has 1 aromatic carbocycles. The minimum Gasteiger partial charge on any atom is -0.350 e. The average molecular weight is 456 g/mol. The van der Waals surface area contributed by atoms with E-state index in [4.69, 9.17) is 4.99 Å². The van der Waals surface area contributed by atoms with Crippen molar-refractivity contribution in [3.05, 3.63) is 27.3 Å². The lowest BCUT2D eigenvalue weighted by Crippen LogP contribution is -2.33. The Kier molecular flexibility index (Phi) is 6.17.